The number of carbonyl (C=O) groups is 2. The van der Waals surface area contributed by atoms with Crippen LogP contribution in [0.25, 0.3) is 11.1 Å². The van der Waals surface area contributed by atoms with Crippen molar-refractivity contribution in [2.45, 2.75) is 17.4 Å². The molecule has 6 nitrogen and oxygen atoms in total. The molecule has 1 aromatic heterocycles. The van der Waals surface area contributed by atoms with Crippen LogP contribution in [0.4, 0.5) is 11.5 Å². The highest BCUT2D eigenvalue weighted by Crippen LogP contribution is 2.34. The van der Waals surface area contributed by atoms with E-state index in [0.717, 1.165) is 16.0 Å². The lowest BCUT2D eigenvalue weighted by Gasteiger charge is -2.24. The van der Waals surface area contributed by atoms with Crippen LogP contribution < -0.4 is 10.6 Å². The van der Waals surface area contributed by atoms with Gasteiger partial charge in [0.1, 0.15) is 11.9 Å². The van der Waals surface area contributed by atoms with E-state index in [1.807, 2.05) is 60.9 Å². The number of nitrogens with one attached hydrogen (secondary N) is 2. The molecular formula is C20H18N4O2S. The van der Waals surface area contributed by atoms with Crippen molar-refractivity contribution < 1.29 is 9.59 Å². The molecule has 1 atom stereocenters. The summed E-state index contributed by atoms with van der Waals surface area (Å²) in [4.78, 5) is 26.2. The zero-order chi connectivity index (χ0) is 18.8. The van der Waals surface area contributed by atoms with E-state index in [-0.39, 0.29) is 18.2 Å². The molecule has 0 radical (unpaired) electrons. The SMILES string of the molecule is CSc1cccc(NC(=O)[C@@H]2CC(=O)Nc3c(-c4ccccc4)cnn32)c1. The number of anilines is 2. The predicted molar refractivity (Wildman–Crippen MR) is 107 cm³/mol. The fourth-order valence-electron chi connectivity index (χ4n) is 3.13. The molecular weight excluding hydrogens is 360 g/mol. The second kappa shape index (κ2) is 7.28. The topological polar surface area (TPSA) is 76.0 Å². The van der Waals surface area contributed by atoms with Gasteiger partial charge in [-0.25, -0.2) is 4.68 Å². The monoisotopic (exact) mass is 378 g/mol. The van der Waals surface area contributed by atoms with E-state index >= 15 is 0 Å². The van der Waals surface area contributed by atoms with E-state index in [4.69, 9.17) is 0 Å². The van der Waals surface area contributed by atoms with E-state index in [2.05, 4.69) is 15.7 Å². The van der Waals surface area contributed by atoms with Gasteiger partial charge in [-0.2, -0.15) is 5.10 Å². The summed E-state index contributed by atoms with van der Waals surface area (Å²) in [5.41, 5.74) is 2.44. The van der Waals surface area contributed by atoms with Crippen molar-refractivity contribution in [1.29, 1.82) is 0 Å². The van der Waals surface area contributed by atoms with Gasteiger partial charge in [-0.3, -0.25) is 9.59 Å². The number of aromatic nitrogens is 2. The second-order valence-electron chi connectivity index (χ2n) is 6.21. The van der Waals surface area contributed by atoms with E-state index in [0.29, 0.717) is 11.5 Å². The summed E-state index contributed by atoms with van der Waals surface area (Å²) in [6.45, 7) is 0. The number of benzene rings is 2. The van der Waals surface area contributed by atoms with E-state index in [9.17, 15) is 9.59 Å². The molecule has 0 bridgehead atoms. The Bertz CT molecular complexity index is 1000. The van der Waals surface area contributed by atoms with Gasteiger partial charge in [-0.1, -0.05) is 36.4 Å². The number of hydrogen-bond acceptors (Lipinski definition) is 4. The quantitative estimate of drug-likeness (QED) is 0.677. The zero-order valence-electron chi connectivity index (χ0n) is 14.7. The van der Waals surface area contributed by atoms with Gasteiger partial charge >= 0.3 is 0 Å². The average Bonchev–Trinajstić information content (AvgIpc) is 3.11. The molecule has 0 spiro atoms. The fourth-order valence-corrected chi connectivity index (χ4v) is 3.59. The number of hydrogen-bond donors (Lipinski definition) is 2. The normalized spacial score (nSPS) is 15.7. The first-order valence-corrected chi connectivity index (χ1v) is 9.76. The number of rotatable bonds is 4. The van der Waals surface area contributed by atoms with Gasteiger partial charge in [0.05, 0.1) is 12.6 Å². The number of amides is 2. The number of carbonyl (C=O) groups excluding carboxylic acids is 2. The standard InChI is InChI=1S/C20H18N4O2S/c1-27-15-9-5-8-14(10-15)22-20(26)17-11-18(25)23-19-16(12-21-24(17)19)13-6-3-2-4-7-13/h2-10,12,17H,11H2,1H3,(H,22,26)(H,23,25)/t17-/m0/s1. The maximum absolute atomic E-state index is 12.9. The Morgan fingerprint density at radius 2 is 2.04 bits per heavy atom. The van der Waals surface area contributed by atoms with Gasteiger partial charge in [0, 0.05) is 16.1 Å². The molecule has 0 fully saturated rings. The summed E-state index contributed by atoms with van der Waals surface area (Å²) < 4.78 is 1.59. The van der Waals surface area contributed by atoms with E-state index < -0.39 is 6.04 Å². The molecule has 1 aliphatic heterocycles. The summed E-state index contributed by atoms with van der Waals surface area (Å²) in [7, 11) is 0. The third-order valence-corrected chi connectivity index (χ3v) is 5.18. The van der Waals surface area contributed by atoms with E-state index in [1.165, 1.54) is 0 Å². The maximum Gasteiger partial charge on any atom is 0.249 e. The molecule has 0 unspecified atom stereocenters. The van der Waals surface area contributed by atoms with Crippen LogP contribution in [-0.4, -0.2) is 27.9 Å². The lowest BCUT2D eigenvalue weighted by Crippen LogP contribution is -2.35. The smallest absolute Gasteiger partial charge is 0.249 e. The molecule has 2 aromatic carbocycles. The molecule has 136 valence electrons. The Kier molecular flexibility index (Phi) is 4.68. The zero-order valence-corrected chi connectivity index (χ0v) is 15.5. The van der Waals surface area contributed by atoms with Crippen LogP contribution in [0.2, 0.25) is 0 Å². The van der Waals surface area contributed by atoms with Crippen molar-refractivity contribution in [1.82, 2.24) is 9.78 Å². The van der Waals surface area contributed by atoms with Crippen molar-refractivity contribution >= 4 is 35.1 Å². The van der Waals surface area contributed by atoms with Crippen LogP contribution in [0.1, 0.15) is 12.5 Å². The van der Waals surface area contributed by atoms with Gasteiger partial charge in [0.25, 0.3) is 0 Å². The minimum absolute atomic E-state index is 0.0525. The number of fused-ring (bicyclic) bond motifs is 1. The molecule has 7 heteroatoms. The summed E-state index contributed by atoms with van der Waals surface area (Å²) in [6.07, 6.45) is 3.72. The van der Waals surface area contributed by atoms with Crippen molar-refractivity contribution in [3.63, 3.8) is 0 Å². The van der Waals surface area contributed by atoms with Gasteiger partial charge in [0.15, 0.2) is 0 Å². The van der Waals surface area contributed by atoms with Gasteiger partial charge in [-0.15, -0.1) is 11.8 Å². The Morgan fingerprint density at radius 1 is 1.22 bits per heavy atom. The third-order valence-electron chi connectivity index (χ3n) is 4.45. The molecule has 0 saturated heterocycles. The average molecular weight is 378 g/mol. The van der Waals surface area contributed by atoms with Crippen LogP contribution in [0, 0.1) is 0 Å². The minimum atomic E-state index is -0.691. The largest absolute Gasteiger partial charge is 0.324 e. The van der Waals surface area contributed by atoms with Gasteiger partial charge < -0.3 is 10.6 Å². The van der Waals surface area contributed by atoms with Gasteiger partial charge in [0.2, 0.25) is 11.8 Å². The maximum atomic E-state index is 12.9. The molecule has 2 N–H and O–H groups in total. The lowest BCUT2D eigenvalue weighted by atomic mass is 10.1. The second-order valence-corrected chi connectivity index (χ2v) is 7.09. The Labute approximate surface area is 161 Å². The number of thioether (sulfide) groups is 1. The Morgan fingerprint density at radius 3 is 2.81 bits per heavy atom. The predicted octanol–water partition coefficient (Wildman–Crippen LogP) is 3.79. The van der Waals surface area contributed by atoms with Crippen molar-refractivity contribution in [2.75, 3.05) is 16.9 Å². The van der Waals surface area contributed by atoms with Crippen molar-refractivity contribution in [3.05, 3.63) is 60.8 Å². The van der Waals surface area contributed by atoms with Crippen LogP contribution in [0.15, 0.2) is 65.7 Å². The van der Waals surface area contributed by atoms with Gasteiger partial charge in [-0.05, 0) is 30.0 Å². The van der Waals surface area contributed by atoms with E-state index in [1.54, 1.807) is 22.6 Å². The third kappa shape index (κ3) is 3.46. The molecule has 0 saturated carbocycles. The first-order valence-electron chi connectivity index (χ1n) is 8.53. The summed E-state index contributed by atoms with van der Waals surface area (Å²) in [6, 6.07) is 16.6. The van der Waals surface area contributed by atoms with Crippen LogP contribution in [0.5, 0.6) is 0 Å². The minimum Gasteiger partial charge on any atom is -0.324 e. The molecule has 27 heavy (non-hydrogen) atoms. The lowest BCUT2D eigenvalue weighted by molar-refractivity contribution is -0.125. The molecule has 2 amide bonds. The Balaban J connectivity index is 1.64. The first-order chi connectivity index (χ1) is 13.2. The fraction of sp³-hybridized carbons (Fsp3) is 0.150. The highest BCUT2D eigenvalue weighted by molar-refractivity contribution is 7.98. The Hall–Kier alpha value is -3.06. The highest BCUT2D eigenvalue weighted by Gasteiger charge is 2.33. The van der Waals surface area contributed by atoms with Crippen LogP contribution in [0.3, 0.4) is 0 Å². The highest BCUT2D eigenvalue weighted by atomic mass is 32.2. The summed E-state index contributed by atoms with van der Waals surface area (Å²) >= 11 is 1.60. The van der Waals surface area contributed by atoms with Crippen LogP contribution >= 0.6 is 11.8 Å². The summed E-state index contributed by atoms with van der Waals surface area (Å²) in [5.74, 6) is 0.0979. The molecule has 0 aliphatic carbocycles. The molecule has 4 rings (SSSR count). The molecule has 1 aliphatic rings. The summed E-state index contributed by atoms with van der Waals surface area (Å²) in [5, 5.41) is 10.1. The number of nitrogens with zero attached hydrogens (tertiary/aromatic N) is 2. The molecule has 3 aromatic rings. The van der Waals surface area contributed by atoms with Crippen molar-refractivity contribution in [2.24, 2.45) is 0 Å². The first kappa shape index (κ1) is 17.4. The van der Waals surface area contributed by atoms with Crippen LogP contribution in [-0.2, 0) is 9.59 Å². The van der Waals surface area contributed by atoms with Crippen molar-refractivity contribution in [3.8, 4) is 11.1 Å². The molecule has 2 heterocycles.